The minimum absolute atomic E-state index is 0.0292. The molecule has 2 unspecified atom stereocenters. The Kier molecular flexibility index (Phi) is 2.92. The topological polar surface area (TPSA) is 75.6 Å². The quantitative estimate of drug-likeness (QED) is 0.873. The predicted molar refractivity (Wildman–Crippen MR) is 71.6 cm³/mol. The molecule has 1 aromatic rings. The van der Waals surface area contributed by atoms with Gasteiger partial charge in [-0.1, -0.05) is 18.2 Å². The van der Waals surface area contributed by atoms with Crippen LogP contribution in [-0.4, -0.2) is 29.1 Å². The van der Waals surface area contributed by atoms with Crippen LogP contribution in [0.4, 0.5) is 0 Å². The lowest BCUT2D eigenvalue weighted by Gasteiger charge is -2.27. The Morgan fingerprint density at radius 3 is 2.70 bits per heavy atom. The lowest BCUT2D eigenvalue weighted by atomic mass is 9.93. The van der Waals surface area contributed by atoms with Crippen molar-refractivity contribution in [3.8, 4) is 5.75 Å². The smallest absolute Gasteiger partial charge is 0.329 e. The summed E-state index contributed by atoms with van der Waals surface area (Å²) < 4.78 is 5.48. The van der Waals surface area contributed by atoms with Crippen LogP contribution in [0.5, 0.6) is 5.75 Å². The first-order valence-corrected chi connectivity index (χ1v) is 6.79. The first kappa shape index (κ1) is 13.0. The molecule has 3 rings (SSSR count). The van der Waals surface area contributed by atoms with Gasteiger partial charge in [-0.25, -0.2) is 4.79 Å². The number of hydrogen-bond donors (Lipinski definition) is 2. The molecule has 0 bridgehead atoms. The zero-order valence-electron chi connectivity index (χ0n) is 11.3. The Morgan fingerprint density at radius 2 is 2.05 bits per heavy atom. The van der Waals surface area contributed by atoms with Crippen molar-refractivity contribution in [2.24, 2.45) is 5.92 Å². The number of carbonyl (C=O) groups is 2. The minimum atomic E-state index is -1.17. The summed E-state index contributed by atoms with van der Waals surface area (Å²) in [6.07, 6.45) is 1.70. The van der Waals surface area contributed by atoms with E-state index < -0.39 is 17.4 Å². The highest BCUT2D eigenvalue weighted by Crippen LogP contribution is 2.41. The Labute approximate surface area is 116 Å². The number of carbonyl (C=O) groups excluding carboxylic acids is 1. The molecule has 0 radical (unpaired) electrons. The van der Waals surface area contributed by atoms with Crippen molar-refractivity contribution in [3.05, 3.63) is 29.8 Å². The van der Waals surface area contributed by atoms with Crippen LogP contribution in [0.2, 0.25) is 0 Å². The highest BCUT2D eigenvalue weighted by Gasteiger charge is 2.49. The van der Waals surface area contributed by atoms with Crippen molar-refractivity contribution in [3.63, 3.8) is 0 Å². The normalized spacial score (nSPS) is 23.4. The lowest BCUT2D eigenvalue weighted by molar-refractivity contribution is -0.148. The molecular formula is C15H17NO4. The van der Waals surface area contributed by atoms with Gasteiger partial charge in [0.2, 0.25) is 5.91 Å². The van der Waals surface area contributed by atoms with Crippen molar-refractivity contribution in [1.82, 2.24) is 5.32 Å². The van der Waals surface area contributed by atoms with E-state index in [9.17, 15) is 14.7 Å². The first-order valence-electron chi connectivity index (χ1n) is 6.79. The minimum Gasteiger partial charge on any atom is -0.492 e. The molecule has 0 saturated heterocycles. The van der Waals surface area contributed by atoms with E-state index in [1.165, 1.54) is 0 Å². The number of carboxylic acids is 1. The third-order valence-electron chi connectivity index (χ3n) is 4.24. The number of nitrogens with one attached hydrogen (secondary N) is 1. The number of hydrogen-bond acceptors (Lipinski definition) is 3. The monoisotopic (exact) mass is 275 g/mol. The number of rotatable bonds is 4. The number of benzene rings is 1. The van der Waals surface area contributed by atoms with E-state index in [1.54, 1.807) is 6.92 Å². The largest absolute Gasteiger partial charge is 0.492 e. The maximum absolute atomic E-state index is 12.4. The van der Waals surface area contributed by atoms with E-state index in [0.717, 1.165) is 18.4 Å². The van der Waals surface area contributed by atoms with E-state index in [2.05, 4.69) is 5.32 Å². The Hall–Kier alpha value is -2.04. The average molecular weight is 275 g/mol. The van der Waals surface area contributed by atoms with Gasteiger partial charge in [-0.15, -0.1) is 0 Å². The third kappa shape index (κ3) is 2.03. The molecule has 0 aromatic heterocycles. The lowest BCUT2D eigenvalue weighted by Crippen LogP contribution is -2.55. The molecule has 1 fully saturated rings. The number of ether oxygens (including phenoxy) is 1. The molecule has 5 nitrogen and oxygen atoms in total. The Morgan fingerprint density at radius 1 is 1.35 bits per heavy atom. The van der Waals surface area contributed by atoms with Gasteiger partial charge in [-0.3, -0.25) is 4.79 Å². The van der Waals surface area contributed by atoms with Crippen LogP contribution in [0.3, 0.4) is 0 Å². The highest BCUT2D eigenvalue weighted by molar-refractivity contribution is 5.91. The molecule has 2 atom stereocenters. The zero-order chi connectivity index (χ0) is 14.3. The summed E-state index contributed by atoms with van der Waals surface area (Å²) in [7, 11) is 0. The second kappa shape index (κ2) is 4.51. The molecule has 2 N–H and O–H groups in total. The van der Waals surface area contributed by atoms with Crippen LogP contribution in [0, 0.1) is 5.92 Å². The van der Waals surface area contributed by atoms with Crippen molar-refractivity contribution >= 4 is 11.9 Å². The summed E-state index contributed by atoms with van der Waals surface area (Å²) in [4.78, 5) is 23.9. The highest BCUT2D eigenvalue weighted by atomic mass is 16.5. The third-order valence-corrected chi connectivity index (χ3v) is 4.24. The molecule has 0 spiro atoms. The SMILES string of the molecule is CC(NC(=O)C1COc2ccccc21)(C(=O)O)C1CC1. The van der Waals surface area contributed by atoms with Crippen LogP contribution in [-0.2, 0) is 9.59 Å². The number of para-hydroxylation sites is 1. The number of carboxylic acid groups (broad SMARTS) is 1. The molecular weight excluding hydrogens is 258 g/mol. The molecule has 1 amide bonds. The molecule has 1 heterocycles. The fourth-order valence-electron chi connectivity index (χ4n) is 2.71. The molecule has 20 heavy (non-hydrogen) atoms. The maximum atomic E-state index is 12.4. The second-order valence-electron chi connectivity index (χ2n) is 5.67. The van der Waals surface area contributed by atoms with Gasteiger partial charge in [0.25, 0.3) is 0 Å². The Bertz CT molecular complexity index is 567. The fourth-order valence-corrected chi connectivity index (χ4v) is 2.71. The van der Waals surface area contributed by atoms with E-state index in [0.29, 0.717) is 5.75 Å². The number of amides is 1. The first-order chi connectivity index (χ1) is 9.52. The number of fused-ring (bicyclic) bond motifs is 1. The van der Waals surface area contributed by atoms with E-state index >= 15 is 0 Å². The van der Waals surface area contributed by atoms with Crippen molar-refractivity contribution in [1.29, 1.82) is 0 Å². The van der Waals surface area contributed by atoms with Crippen molar-refractivity contribution in [2.45, 2.75) is 31.2 Å². The Balaban J connectivity index is 1.79. The zero-order valence-corrected chi connectivity index (χ0v) is 11.3. The van der Waals surface area contributed by atoms with Gasteiger partial charge < -0.3 is 15.2 Å². The summed E-state index contributed by atoms with van der Waals surface area (Å²) in [5.74, 6) is -0.937. The van der Waals surface area contributed by atoms with Crippen LogP contribution in [0.1, 0.15) is 31.2 Å². The van der Waals surface area contributed by atoms with Gasteiger partial charge in [0.1, 0.15) is 23.8 Å². The summed E-state index contributed by atoms with van der Waals surface area (Å²) in [5.41, 5.74) is -0.345. The summed E-state index contributed by atoms with van der Waals surface area (Å²) >= 11 is 0. The maximum Gasteiger partial charge on any atom is 0.329 e. The predicted octanol–water partition coefficient (Wildman–Crippen LogP) is 1.53. The molecule has 1 aromatic carbocycles. The summed E-state index contributed by atoms with van der Waals surface area (Å²) in [6, 6.07) is 7.37. The fraction of sp³-hybridized carbons (Fsp3) is 0.467. The van der Waals surface area contributed by atoms with Gasteiger partial charge >= 0.3 is 5.97 Å². The van der Waals surface area contributed by atoms with Gasteiger partial charge in [-0.05, 0) is 31.7 Å². The van der Waals surface area contributed by atoms with Crippen LogP contribution in [0.25, 0.3) is 0 Å². The van der Waals surface area contributed by atoms with Crippen molar-refractivity contribution < 1.29 is 19.4 Å². The molecule has 1 aliphatic carbocycles. The second-order valence-corrected chi connectivity index (χ2v) is 5.67. The van der Waals surface area contributed by atoms with Gasteiger partial charge in [0, 0.05) is 5.56 Å². The van der Waals surface area contributed by atoms with Gasteiger partial charge in [0.15, 0.2) is 0 Å². The van der Waals surface area contributed by atoms with E-state index in [-0.39, 0.29) is 18.4 Å². The summed E-state index contributed by atoms with van der Waals surface area (Å²) in [6.45, 7) is 1.86. The molecule has 1 aliphatic heterocycles. The number of aliphatic carboxylic acids is 1. The van der Waals surface area contributed by atoms with Gasteiger partial charge in [-0.2, -0.15) is 0 Å². The molecule has 5 heteroatoms. The van der Waals surface area contributed by atoms with E-state index in [4.69, 9.17) is 4.74 Å². The average Bonchev–Trinajstić information content (AvgIpc) is 3.18. The standard InChI is InChI=1S/C15H17NO4/c1-15(14(18)19,9-6-7-9)16-13(17)11-8-20-12-5-3-2-4-10(11)12/h2-5,9,11H,6-8H2,1H3,(H,16,17)(H,18,19). The van der Waals surface area contributed by atoms with Crippen molar-refractivity contribution in [2.75, 3.05) is 6.61 Å². The molecule has 2 aliphatic rings. The molecule has 106 valence electrons. The molecule has 1 saturated carbocycles. The van der Waals surface area contributed by atoms with Crippen LogP contribution >= 0.6 is 0 Å². The summed E-state index contributed by atoms with van der Waals surface area (Å²) in [5, 5.41) is 12.1. The van der Waals surface area contributed by atoms with Crippen LogP contribution in [0.15, 0.2) is 24.3 Å². The van der Waals surface area contributed by atoms with E-state index in [1.807, 2.05) is 24.3 Å². The van der Waals surface area contributed by atoms with Gasteiger partial charge in [0.05, 0.1) is 0 Å². The van der Waals surface area contributed by atoms with Crippen LogP contribution < -0.4 is 10.1 Å².